The van der Waals surface area contributed by atoms with E-state index in [0.717, 1.165) is 24.8 Å². The summed E-state index contributed by atoms with van der Waals surface area (Å²) in [4.78, 5) is 15.4. The first-order valence-electron chi connectivity index (χ1n) is 7.75. The second kappa shape index (κ2) is 5.85. The maximum Gasteiger partial charge on any atom is 0.303 e. The second-order valence-corrected chi connectivity index (χ2v) is 6.19. The summed E-state index contributed by atoms with van der Waals surface area (Å²) in [5.41, 5.74) is 6.28. The SMILES string of the molecule is CC(=O)OC1CC(c2ccncc2N)OC2CCCCC12O. The number of nitrogens with zero attached hydrogens (tertiary/aromatic N) is 1. The van der Waals surface area contributed by atoms with Crippen LogP contribution in [0.2, 0.25) is 0 Å². The van der Waals surface area contributed by atoms with Gasteiger partial charge >= 0.3 is 5.97 Å². The topological polar surface area (TPSA) is 94.7 Å². The van der Waals surface area contributed by atoms with Crippen molar-refractivity contribution >= 4 is 11.7 Å². The highest BCUT2D eigenvalue weighted by Gasteiger charge is 2.53. The van der Waals surface area contributed by atoms with Crippen molar-refractivity contribution in [2.24, 2.45) is 0 Å². The molecule has 4 atom stereocenters. The molecule has 6 nitrogen and oxygen atoms in total. The number of aromatic nitrogens is 1. The lowest BCUT2D eigenvalue weighted by Gasteiger charge is -2.50. The molecule has 1 aliphatic carbocycles. The van der Waals surface area contributed by atoms with Gasteiger partial charge in [0.2, 0.25) is 0 Å². The largest absolute Gasteiger partial charge is 0.459 e. The fourth-order valence-electron chi connectivity index (χ4n) is 3.62. The molecule has 0 aromatic carbocycles. The van der Waals surface area contributed by atoms with Gasteiger partial charge in [-0.2, -0.15) is 0 Å². The Bertz CT molecular complexity index is 565. The molecule has 1 aromatic heterocycles. The molecule has 1 aliphatic heterocycles. The maximum atomic E-state index is 11.4. The molecule has 120 valence electrons. The minimum Gasteiger partial charge on any atom is -0.459 e. The van der Waals surface area contributed by atoms with E-state index >= 15 is 0 Å². The number of carbonyl (C=O) groups is 1. The minimum absolute atomic E-state index is 0.296. The Hall–Kier alpha value is -1.66. The number of rotatable bonds is 2. The predicted molar refractivity (Wildman–Crippen MR) is 79.9 cm³/mol. The van der Waals surface area contributed by atoms with Crippen LogP contribution in [-0.4, -0.2) is 33.9 Å². The molecule has 3 rings (SSSR count). The molecule has 6 heteroatoms. The van der Waals surface area contributed by atoms with E-state index in [1.165, 1.54) is 6.92 Å². The van der Waals surface area contributed by atoms with Crippen molar-refractivity contribution in [3.63, 3.8) is 0 Å². The molecule has 22 heavy (non-hydrogen) atoms. The Balaban J connectivity index is 1.90. The molecular weight excluding hydrogens is 284 g/mol. The molecule has 4 unspecified atom stereocenters. The highest BCUT2D eigenvalue weighted by molar-refractivity contribution is 5.66. The summed E-state index contributed by atoms with van der Waals surface area (Å²) in [6.45, 7) is 1.37. The van der Waals surface area contributed by atoms with Gasteiger partial charge in [0.05, 0.1) is 24.1 Å². The van der Waals surface area contributed by atoms with E-state index in [2.05, 4.69) is 4.98 Å². The van der Waals surface area contributed by atoms with Gasteiger partial charge < -0.3 is 20.3 Å². The van der Waals surface area contributed by atoms with Crippen molar-refractivity contribution in [3.05, 3.63) is 24.0 Å². The number of nitrogens with two attached hydrogens (primary N) is 1. The number of esters is 1. The zero-order valence-corrected chi connectivity index (χ0v) is 12.7. The summed E-state index contributed by atoms with van der Waals surface area (Å²) in [5, 5.41) is 11.0. The highest BCUT2D eigenvalue weighted by Crippen LogP contribution is 2.46. The number of fused-ring (bicyclic) bond motifs is 1. The molecule has 0 bridgehead atoms. The number of aliphatic hydroxyl groups is 1. The van der Waals surface area contributed by atoms with Gasteiger partial charge in [-0.3, -0.25) is 9.78 Å². The van der Waals surface area contributed by atoms with Crippen LogP contribution in [0.5, 0.6) is 0 Å². The molecule has 0 radical (unpaired) electrons. The van der Waals surface area contributed by atoms with Crippen molar-refractivity contribution in [2.45, 2.75) is 62.9 Å². The van der Waals surface area contributed by atoms with Crippen LogP contribution in [0, 0.1) is 0 Å². The van der Waals surface area contributed by atoms with Gasteiger partial charge in [-0.1, -0.05) is 12.8 Å². The van der Waals surface area contributed by atoms with Crippen LogP contribution >= 0.6 is 0 Å². The second-order valence-electron chi connectivity index (χ2n) is 6.19. The van der Waals surface area contributed by atoms with Crippen LogP contribution in [-0.2, 0) is 14.3 Å². The molecule has 2 fully saturated rings. The summed E-state index contributed by atoms with van der Waals surface area (Å²) in [6, 6.07) is 1.82. The van der Waals surface area contributed by atoms with Gasteiger partial charge in [-0.25, -0.2) is 0 Å². The first kappa shape index (κ1) is 15.2. The van der Waals surface area contributed by atoms with Gasteiger partial charge in [-0.05, 0) is 18.9 Å². The summed E-state index contributed by atoms with van der Waals surface area (Å²) in [7, 11) is 0. The van der Waals surface area contributed by atoms with Gasteiger partial charge in [0.25, 0.3) is 0 Å². The lowest BCUT2D eigenvalue weighted by atomic mass is 9.74. The normalized spacial score (nSPS) is 34.7. The zero-order valence-electron chi connectivity index (χ0n) is 12.7. The molecule has 2 aliphatic rings. The van der Waals surface area contributed by atoms with E-state index in [-0.39, 0.29) is 18.2 Å². The number of nitrogen functional groups attached to an aromatic ring is 1. The third-order valence-corrected chi connectivity index (χ3v) is 4.71. The van der Waals surface area contributed by atoms with Crippen LogP contribution in [0.1, 0.15) is 50.7 Å². The van der Waals surface area contributed by atoms with E-state index in [1.807, 2.05) is 6.07 Å². The summed E-state index contributed by atoms with van der Waals surface area (Å²) in [5.74, 6) is -0.383. The highest BCUT2D eigenvalue weighted by atomic mass is 16.6. The Morgan fingerprint density at radius 3 is 3.09 bits per heavy atom. The first-order chi connectivity index (χ1) is 10.5. The summed E-state index contributed by atoms with van der Waals surface area (Å²) in [6.07, 6.45) is 5.71. The Labute approximate surface area is 129 Å². The van der Waals surface area contributed by atoms with E-state index < -0.39 is 11.7 Å². The quantitative estimate of drug-likeness (QED) is 0.808. The smallest absolute Gasteiger partial charge is 0.303 e. The van der Waals surface area contributed by atoms with Crippen molar-refractivity contribution in [1.29, 1.82) is 0 Å². The van der Waals surface area contributed by atoms with E-state index in [1.54, 1.807) is 12.4 Å². The number of ether oxygens (including phenoxy) is 2. The van der Waals surface area contributed by atoms with Crippen LogP contribution in [0.3, 0.4) is 0 Å². The summed E-state index contributed by atoms with van der Waals surface area (Å²) < 4.78 is 11.6. The fraction of sp³-hybridized carbons (Fsp3) is 0.625. The Morgan fingerprint density at radius 1 is 1.55 bits per heavy atom. The molecule has 1 saturated carbocycles. The van der Waals surface area contributed by atoms with E-state index in [4.69, 9.17) is 15.2 Å². The molecule has 0 spiro atoms. The van der Waals surface area contributed by atoms with Crippen LogP contribution in [0.15, 0.2) is 18.5 Å². The van der Waals surface area contributed by atoms with E-state index in [9.17, 15) is 9.90 Å². The monoisotopic (exact) mass is 306 g/mol. The molecule has 0 amide bonds. The third-order valence-electron chi connectivity index (χ3n) is 4.71. The van der Waals surface area contributed by atoms with Crippen molar-refractivity contribution in [1.82, 2.24) is 4.98 Å². The third kappa shape index (κ3) is 2.68. The van der Waals surface area contributed by atoms with Crippen LogP contribution in [0.25, 0.3) is 0 Å². The molecule has 2 heterocycles. The number of hydrogen-bond acceptors (Lipinski definition) is 6. The maximum absolute atomic E-state index is 11.4. The van der Waals surface area contributed by atoms with Crippen molar-refractivity contribution in [2.75, 3.05) is 5.73 Å². The minimum atomic E-state index is -1.10. The standard InChI is InChI=1S/C16H22N2O4/c1-10(19)21-15-8-13(11-5-7-18-9-12(11)17)22-14-4-2-3-6-16(14,15)20/h5,7,9,13-15,20H,2-4,6,8,17H2,1H3. The lowest BCUT2D eigenvalue weighted by molar-refractivity contribution is -0.249. The lowest BCUT2D eigenvalue weighted by Crippen LogP contribution is -2.60. The number of carbonyl (C=O) groups excluding carboxylic acids is 1. The van der Waals surface area contributed by atoms with Crippen LogP contribution in [0.4, 0.5) is 5.69 Å². The average molecular weight is 306 g/mol. The summed E-state index contributed by atoms with van der Waals surface area (Å²) >= 11 is 0. The Morgan fingerprint density at radius 2 is 2.36 bits per heavy atom. The zero-order chi connectivity index (χ0) is 15.7. The molecule has 1 aromatic rings. The van der Waals surface area contributed by atoms with Gasteiger partial charge in [0.15, 0.2) is 0 Å². The Kier molecular flexibility index (Phi) is 4.06. The van der Waals surface area contributed by atoms with Crippen molar-refractivity contribution in [3.8, 4) is 0 Å². The number of anilines is 1. The van der Waals surface area contributed by atoms with Gasteiger partial charge in [-0.15, -0.1) is 0 Å². The fourth-order valence-corrected chi connectivity index (χ4v) is 3.62. The number of hydrogen-bond donors (Lipinski definition) is 2. The van der Waals surface area contributed by atoms with Gasteiger partial charge in [0.1, 0.15) is 11.7 Å². The van der Waals surface area contributed by atoms with Crippen LogP contribution < -0.4 is 5.73 Å². The number of pyridine rings is 1. The predicted octanol–water partition coefficient (Wildman–Crippen LogP) is 1.73. The molecule has 1 saturated heterocycles. The van der Waals surface area contributed by atoms with Crippen molar-refractivity contribution < 1.29 is 19.4 Å². The average Bonchev–Trinajstić information content (AvgIpc) is 2.48. The molecular formula is C16H22N2O4. The van der Waals surface area contributed by atoms with Gasteiger partial charge in [0, 0.05) is 25.1 Å². The molecule has 3 N–H and O–H groups in total. The first-order valence-corrected chi connectivity index (χ1v) is 7.75. The van der Waals surface area contributed by atoms with E-state index in [0.29, 0.717) is 18.5 Å².